The first-order valence-electron chi connectivity index (χ1n) is 6.91. The Morgan fingerprint density at radius 3 is 3.00 bits per heavy atom. The molecular weight excluding hydrogens is 243 g/mol. The fourth-order valence-electron chi connectivity index (χ4n) is 2.51. The van der Waals surface area contributed by atoms with E-state index in [1.54, 1.807) is 18.2 Å². The highest BCUT2D eigenvalue weighted by Gasteiger charge is 2.17. The zero-order chi connectivity index (χ0) is 13.7. The van der Waals surface area contributed by atoms with Crippen molar-refractivity contribution in [2.45, 2.75) is 32.2 Å². The van der Waals surface area contributed by atoms with E-state index in [1.807, 2.05) is 6.92 Å². The van der Waals surface area contributed by atoms with Gasteiger partial charge in [-0.15, -0.1) is 0 Å². The van der Waals surface area contributed by atoms with Gasteiger partial charge in [0, 0.05) is 12.0 Å². The van der Waals surface area contributed by atoms with Crippen molar-refractivity contribution in [1.29, 1.82) is 0 Å². The molecule has 1 fully saturated rings. The van der Waals surface area contributed by atoms with Gasteiger partial charge in [0.2, 0.25) is 5.91 Å². The maximum absolute atomic E-state index is 13.6. The summed E-state index contributed by atoms with van der Waals surface area (Å²) in [7, 11) is 0. The molecule has 2 N–H and O–H groups in total. The smallest absolute Gasteiger partial charge is 0.220 e. The van der Waals surface area contributed by atoms with Crippen molar-refractivity contribution >= 4 is 5.91 Å². The molecule has 1 aliphatic rings. The molecule has 2 rings (SSSR count). The Balaban J connectivity index is 1.79. The van der Waals surface area contributed by atoms with E-state index in [9.17, 15) is 9.18 Å². The number of benzene rings is 1. The molecule has 1 saturated heterocycles. The molecule has 2 unspecified atom stereocenters. The minimum atomic E-state index is -0.282. The molecule has 1 heterocycles. The molecule has 3 nitrogen and oxygen atoms in total. The van der Waals surface area contributed by atoms with Crippen LogP contribution in [0.4, 0.5) is 4.39 Å². The van der Waals surface area contributed by atoms with E-state index < -0.39 is 0 Å². The van der Waals surface area contributed by atoms with Crippen molar-refractivity contribution in [2.24, 2.45) is 5.92 Å². The van der Waals surface area contributed by atoms with Crippen molar-refractivity contribution in [3.05, 3.63) is 35.6 Å². The summed E-state index contributed by atoms with van der Waals surface area (Å²) in [4.78, 5) is 11.8. The Bertz CT molecular complexity index is 430. The number of hydrogen-bond acceptors (Lipinski definition) is 2. The van der Waals surface area contributed by atoms with Gasteiger partial charge in [-0.3, -0.25) is 4.79 Å². The maximum Gasteiger partial charge on any atom is 0.220 e. The fourth-order valence-corrected chi connectivity index (χ4v) is 2.51. The zero-order valence-electron chi connectivity index (χ0n) is 11.3. The number of halogens is 1. The molecule has 0 saturated carbocycles. The number of nitrogens with one attached hydrogen (secondary N) is 2. The molecule has 0 radical (unpaired) electrons. The Labute approximate surface area is 113 Å². The fraction of sp³-hybridized carbons (Fsp3) is 0.533. The molecule has 19 heavy (non-hydrogen) atoms. The Morgan fingerprint density at radius 1 is 1.53 bits per heavy atom. The van der Waals surface area contributed by atoms with E-state index in [0.29, 0.717) is 17.9 Å². The summed E-state index contributed by atoms with van der Waals surface area (Å²) < 4.78 is 13.6. The van der Waals surface area contributed by atoms with Crippen molar-refractivity contribution < 1.29 is 9.18 Å². The molecule has 1 amide bonds. The van der Waals surface area contributed by atoms with Crippen molar-refractivity contribution in [3.8, 4) is 0 Å². The second kappa shape index (κ2) is 6.66. The summed E-state index contributed by atoms with van der Waals surface area (Å²) in [5.41, 5.74) is 0.540. The third kappa shape index (κ3) is 4.03. The SMILES string of the molecule is CC(NC(=O)CCC1CCNC1)c1ccccc1F. The lowest BCUT2D eigenvalue weighted by molar-refractivity contribution is -0.122. The van der Waals surface area contributed by atoms with Crippen LogP contribution in [0.3, 0.4) is 0 Å². The van der Waals surface area contributed by atoms with Crippen LogP contribution in [0.2, 0.25) is 0 Å². The van der Waals surface area contributed by atoms with Gasteiger partial charge in [-0.2, -0.15) is 0 Å². The third-order valence-corrected chi connectivity index (χ3v) is 3.69. The largest absolute Gasteiger partial charge is 0.349 e. The first kappa shape index (κ1) is 14.0. The van der Waals surface area contributed by atoms with Gasteiger partial charge in [0.25, 0.3) is 0 Å². The molecule has 0 spiro atoms. The summed E-state index contributed by atoms with van der Waals surface area (Å²) in [6, 6.07) is 6.28. The van der Waals surface area contributed by atoms with Crippen LogP contribution in [0.1, 0.15) is 37.8 Å². The van der Waals surface area contributed by atoms with E-state index >= 15 is 0 Å². The van der Waals surface area contributed by atoms with Crippen LogP contribution in [0.5, 0.6) is 0 Å². The highest BCUT2D eigenvalue weighted by molar-refractivity contribution is 5.76. The molecule has 0 aliphatic carbocycles. The highest BCUT2D eigenvalue weighted by atomic mass is 19.1. The number of rotatable bonds is 5. The lowest BCUT2D eigenvalue weighted by atomic mass is 10.0. The Hall–Kier alpha value is -1.42. The van der Waals surface area contributed by atoms with Crippen LogP contribution in [-0.4, -0.2) is 19.0 Å². The van der Waals surface area contributed by atoms with E-state index in [-0.39, 0.29) is 17.8 Å². The lowest BCUT2D eigenvalue weighted by Gasteiger charge is -2.15. The van der Waals surface area contributed by atoms with Gasteiger partial charge in [0.15, 0.2) is 0 Å². The standard InChI is InChI=1S/C15H21FN2O/c1-11(13-4-2-3-5-14(13)16)18-15(19)7-6-12-8-9-17-10-12/h2-5,11-12,17H,6-10H2,1H3,(H,18,19). The first-order valence-corrected chi connectivity index (χ1v) is 6.91. The maximum atomic E-state index is 13.6. The van der Waals surface area contributed by atoms with E-state index in [4.69, 9.17) is 0 Å². The quantitative estimate of drug-likeness (QED) is 0.857. The van der Waals surface area contributed by atoms with Gasteiger partial charge < -0.3 is 10.6 Å². The van der Waals surface area contributed by atoms with Crippen LogP contribution in [0, 0.1) is 11.7 Å². The first-order chi connectivity index (χ1) is 9.16. The number of hydrogen-bond donors (Lipinski definition) is 2. The van der Waals surface area contributed by atoms with Gasteiger partial charge in [0.05, 0.1) is 6.04 Å². The number of carbonyl (C=O) groups excluding carboxylic acids is 1. The van der Waals surface area contributed by atoms with Crippen LogP contribution in [0.25, 0.3) is 0 Å². The van der Waals surface area contributed by atoms with E-state index in [2.05, 4.69) is 10.6 Å². The van der Waals surface area contributed by atoms with Gasteiger partial charge in [-0.1, -0.05) is 18.2 Å². The molecule has 0 aromatic heterocycles. The number of carbonyl (C=O) groups is 1. The van der Waals surface area contributed by atoms with Crippen molar-refractivity contribution in [1.82, 2.24) is 10.6 Å². The van der Waals surface area contributed by atoms with Crippen molar-refractivity contribution in [2.75, 3.05) is 13.1 Å². The highest BCUT2D eigenvalue weighted by Crippen LogP contribution is 2.17. The molecule has 1 aromatic rings. The predicted molar refractivity (Wildman–Crippen MR) is 73.2 cm³/mol. The summed E-state index contributed by atoms with van der Waals surface area (Å²) in [6.07, 6.45) is 2.57. The van der Waals surface area contributed by atoms with Crippen LogP contribution < -0.4 is 10.6 Å². The van der Waals surface area contributed by atoms with Gasteiger partial charge >= 0.3 is 0 Å². The normalized spacial score (nSPS) is 20.2. The second-order valence-electron chi connectivity index (χ2n) is 5.21. The number of amides is 1. The second-order valence-corrected chi connectivity index (χ2v) is 5.21. The molecule has 2 atom stereocenters. The molecule has 104 valence electrons. The van der Waals surface area contributed by atoms with Crippen LogP contribution in [0.15, 0.2) is 24.3 Å². The van der Waals surface area contributed by atoms with E-state index in [1.165, 1.54) is 6.07 Å². The predicted octanol–water partition coefficient (Wildman–Crippen LogP) is 2.39. The van der Waals surface area contributed by atoms with E-state index in [0.717, 1.165) is 25.9 Å². The summed E-state index contributed by atoms with van der Waals surface area (Å²) in [6.45, 7) is 3.88. The molecule has 4 heteroatoms. The Morgan fingerprint density at radius 2 is 2.32 bits per heavy atom. The lowest BCUT2D eigenvalue weighted by Crippen LogP contribution is -2.27. The van der Waals surface area contributed by atoms with Crippen molar-refractivity contribution in [3.63, 3.8) is 0 Å². The Kier molecular flexibility index (Phi) is 4.91. The minimum Gasteiger partial charge on any atom is -0.349 e. The topological polar surface area (TPSA) is 41.1 Å². The molecule has 1 aromatic carbocycles. The van der Waals surface area contributed by atoms with Gasteiger partial charge in [-0.05, 0) is 44.8 Å². The average Bonchev–Trinajstić information content (AvgIpc) is 2.90. The van der Waals surface area contributed by atoms with Gasteiger partial charge in [-0.25, -0.2) is 4.39 Å². The molecule has 1 aliphatic heterocycles. The summed E-state index contributed by atoms with van der Waals surface area (Å²) in [5.74, 6) is 0.340. The molecule has 0 bridgehead atoms. The summed E-state index contributed by atoms with van der Waals surface area (Å²) >= 11 is 0. The summed E-state index contributed by atoms with van der Waals surface area (Å²) in [5, 5.41) is 6.15. The average molecular weight is 264 g/mol. The van der Waals surface area contributed by atoms with Crippen LogP contribution in [-0.2, 0) is 4.79 Å². The molecular formula is C15H21FN2O. The monoisotopic (exact) mass is 264 g/mol. The zero-order valence-corrected chi connectivity index (χ0v) is 11.3. The minimum absolute atomic E-state index is 0.00246. The van der Waals surface area contributed by atoms with Gasteiger partial charge in [0.1, 0.15) is 5.82 Å². The van der Waals surface area contributed by atoms with Crippen LogP contribution >= 0.6 is 0 Å². The third-order valence-electron chi connectivity index (χ3n) is 3.69.